The first-order valence-corrected chi connectivity index (χ1v) is 6.70. The lowest BCUT2D eigenvalue weighted by Gasteiger charge is -2.29. The molecule has 0 saturated heterocycles. The fraction of sp³-hybridized carbons (Fsp3) is 0.500. The van der Waals surface area contributed by atoms with E-state index in [2.05, 4.69) is 5.32 Å². The van der Waals surface area contributed by atoms with E-state index in [0.717, 1.165) is 0 Å². The minimum absolute atomic E-state index is 0.0774. The van der Waals surface area contributed by atoms with Gasteiger partial charge in [0.15, 0.2) is 5.75 Å². The molecule has 0 saturated carbocycles. The first kappa shape index (κ1) is 16.9. The molecule has 21 heavy (non-hydrogen) atoms. The first-order valence-electron chi connectivity index (χ1n) is 6.70. The fourth-order valence-electron chi connectivity index (χ4n) is 2.00. The average Bonchev–Trinajstić information content (AvgIpc) is 2.38. The highest BCUT2D eigenvalue weighted by atomic mass is 16.6. The van der Waals surface area contributed by atoms with Crippen LogP contribution in [-0.4, -0.2) is 29.0 Å². The number of benzene rings is 1. The molecule has 116 valence electrons. The van der Waals surface area contributed by atoms with Gasteiger partial charge < -0.3 is 15.8 Å². The lowest BCUT2D eigenvalue weighted by Crippen LogP contribution is -2.56. The number of hydrogen-bond donors (Lipinski definition) is 2. The van der Waals surface area contributed by atoms with Crippen LogP contribution in [0.3, 0.4) is 0 Å². The van der Waals surface area contributed by atoms with Crippen LogP contribution in [0.25, 0.3) is 0 Å². The van der Waals surface area contributed by atoms with Gasteiger partial charge in [-0.3, -0.25) is 14.9 Å². The minimum atomic E-state index is -0.919. The average molecular weight is 295 g/mol. The Kier molecular flexibility index (Phi) is 5.66. The van der Waals surface area contributed by atoms with E-state index in [9.17, 15) is 14.9 Å². The van der Waals surface area contributed by atoms with E-state index in [1.165, 1.54) is 12.1 Å². The molecular formula is C14H21N3O4. The van der Waals surface area contributed by atoms with Gasteiger partial charge in [0.05, 0.1) is 17.1 Å². The van der Waals surface area contributed by atoms with E-state index >= 15 is 0 Å². The van der Waals surface area contributed by atoms with Crippen molar-refractivity contribution in [3.05, 3.63) is 34.4 Å². The normalized spacial score (nSPS) is 13.7. The van der Waals surface area contributed by atoms with Gasteiger partial charge in [0.2, 0.25) is 5.91 Å². The van der Waals surface area contributed by atoms with Gasteiger partial charge in [-0.05, 0) is 26.8 Å². The van der Waals surface area contributed by atoms with Crippen molar-refractivity contribution in [2.24, 2.45) is 5.73 Å². The summed E-state index contributed by atoms with van der Waals surface area (Å²) in [6.45, 7) is 5.65. The van der Waals surface area contributed by atoms with Crippen LogP contribution < -0.4 is 15.8 Å². The van der Waals surface area contributed by atoms with Crippen molar-refractivity contribution in [1.82, 2.24) is 5.32 Å². The molecule has 0 aliphatic rings. The molecule has 0 bridgehead atoms. The van der Waals surface area contributed by atoms with Crippen molar-refractivity contribution in [3.8, 4) is 5.75 Å². The topological polar surface area (TPSA) is 107 Å². The summed E-state index contributed by atoms with van der Waals surface area (Å²) in [4.78, 5) is 21.9. The summed E-state index contributed by atoms with van der Waals surface area (Å²) >= 11 is 0. The zero-order chi connectivity index (χ0) is 16.0. The van der Waals surface area contributed by atoms with E-state index in [1.807, 2.05) is 13.8 Å². The molecule has 1 atom stereocenters. The van der Waals surface area contributed by atoms with E-state index in [1.54, 1.807) is 19.1 Å². The second-order valence-corrected chi connectivity index (χ2v) is 5.32. The van der Waals surface area contributed by atoms with E-state index in [4.69, 9.17) is 10.5 Å². The number of nitrogens with zero attached hydrogens (tertiary/aromatic N) is 1. The SMILES string of the molecule is CC(C)NC(C)(CCOc1ccccc1[N+](=O)[O-])C(N)=O. The number of carbonyl (C=O) groups excluding carboxylic acids is 1. The van der Waals surface area contributed by atoms with Gasteiger partial charge in [-0.25, -0.2) is 0 Å². The number of carbonyl (C=O) groups is 1. The van der Waals surface area contributed by atoms with Gasteiger partial charge in [0.1, 0.15) is 0 Å². The summed E-state index contributed by atoms with van der Waals surface area (Å²) in [5.41, 5.74) is 4.39. The highest BCUT2D eigenvalue weighted by Gasteiger charge is 2.31. The Morgan fingerprint density at radius 3 is 2.62 bits per heavy atom. The quantitative estimate of drug-likeness (QED) is 0.559. The largest absolute Gasteiger partial charge is 0.487 e. The molecule has 3 N–H and O–H groups in total. The van der Waals surface area contributed by atoms with E-state index in [0.29, 0.717) is 6.42 Å². The van der Waals surface area contributed by atoms with Crippen LogP contribution in [-0.2, 0) is 4.79 Å². The number of nitro groups is 1. The van der Waals surface area contributed by atoms with Crippen LogP contribution in [0.1, 0.15) is 27.2 Å². The van der Waals surface area contributed by atoms with Crippen LogP contribution in [0.5, 0.6) is 5.75 Å². The Hall–Kier alpha value is -2.15. The van der Waals surface area contributed by atoms with Crippen LogP contribution in [0, 0.1) is 10.1 Å². The van der Waals surface area contributed by atoms with Crippen LogP contribution in [0.4, 0.5) is 5.69 Å². The molecule has 0 fully saturated rings. The molecule has 7 nitrogen and oxygen atoms in total. The Bertz CT molecular complexity index is 519. The Balaban J connectivity index is 2.71. The zero-order valence-corrected chi connectivity index (χ0v) is 12.5. The standard InChI is InChI=1S/C14H21N3O4/c1-10(2)16-14(3,13(15)18)8-9-21-12-7-5-4-6-11(12)17(19)20/h4-7,10,16H,8-9H2,1-3H3,(H2,15,18). The molecule has 0 aliphatic carbocycles. The summed E-state index contributed by atoms with van der Waals surface area (Å²) in [6, 6.07) is 6.19. The number of nitrogens with two attached hydrogens (primary N) is 1. The lowest BCUT2D eigenvalue weighted by molar-refractivity contribution is -0.385. The number of hydrogen-bond acceptors (Lipinski definition) is 5. The smallest absolute Gasteiger partial charge is 0.310 e. The number of primary amides is 1. The Morgan fingerprint density at radius 2 is 2.10 bits per heavy atom. The Labute approximate surface area is 123 Å². The summed E-state index contributed by atoms with van der Waals surface area (Å²) < 4.78 is 5.44. The number of ether oxygens (including phenoxy) is 1. The summed E-state index contributed by atoms with van der Waals surface area (Å²) in [6.07, 6.45) is 0.312. The van der Waals surface area contributed by atoms with E-state index < -0.39 is 16.4 Å². The third kappa shape index (κ3) is 4.71. The number of nitrogens with one attached hydrogen (secondary N) is 1. The molecule has 1 aromatic carbocycles. The molecule has 1 unspecified atom stereocenters. The van der Waals surface area contributed by atoms with Crippen molar-refractivity contribution >= 4 is 11.6 Å². The van der Waals surface area contributed by atoms with Gasteiger partial charge in [-0.1, -0.05) is 12.1 Å². The summed E-state index contributed by atoms with van der Waals surface area (Å²) in [5.74, 6) is -0.304. The van der Waals surface area contributed by atoms with Gasteiger partial charge in [0.25, 0.3) is 0 Å². The third-order valence-electron chi connectivity index (χ3n) is 3.07. The van der Waals surface area contributed by atoms with Gasteiger partial charge >= 0.3 is 5.69 Å². The maximum Gasteiger partial charge on any atom is 0.310 e. The second-order valence-electron chi connectivity index (χ2n) is 5.32. The maximum absolute atomic E-state index is 11.6. The highest BCUT2D eigenvalue weighted by molar-refractivity contribution is 5.84. The Morgan fingerprint density at radius 1 is 1.48 bits per heavy atom. The van der Waals surface area contributed by atoms with Crippen molar-refractivity contribution in [1.29, 1.82) is 0 Å². The highest BCUT2D eigenvalue weighted by Crippen LogP contribution is 2.26. The van der Waals surface area contributed by atoms with Crippen molar-refractivity contribution < 1.29 is 14.5 Å². The molecule has 0 aromatic heterocycles. The van der Waals surface area contributed by atoms with Gasteiger partial charge in [-0.2, -0.15) is 0 Å². The molecule has 1 amide bonds. The molecule has 7 heteroatoms. The molecular weight excluding hydrogens is 274 g/mol. The molecule has 0 aliphatic heterocycles. The lowest BCUT2D eigenvalue weighted by atomic mass is 9.96. The third-order valence-corrected chi connectivity index (χ3v) is 3.07. The number of amides is 1. The predicted octanol–water partition coefficient (Wildman–Crippen LogP) is 1.61. The molecule has 1 aromatic rings. The van der Waals surface area contributed by atoms with Crippen LogP contribution in [0.2, 0.25) is 0 Å². The predicted molar refractivity (Wildman–Crippen MR) is 79.1 cm³/mol. The summed E-state index contributed by atoms with van der Waals surface area (Å²) in [5, 5.41) is 14.0. The number of para-hydroxylation sites is 2. The minimum Gasteiger partial charge on any atom is -0.487 e. The van der Waals surface area contributed by atoms with Crippen molar-refractivity contribution in [2.45, 2.75) is 38.8 Å². The molecule has 1 rings (SSSR count). The van der Waals surface area contributed by atoms with Gasteiger partial charge in [-0.15, -0.1) is 0 Å². The van der Waals surface area contributed by atoms with E-state index in [-0.39, 0.29) is 24.1 Å². The van der Waals surface area contributed by atoms with Crippen molar-refractivity contribution in [2.75, 3.05) is 6.61 Å². The maximum atomic E-state index is 11.6. The number of rotatable bonds is 8. The van der Waals surface area contributed by atoms with Crippen molar-refractivity contribution in [3.63, 3.8) is 0 Å². The van der Waals surface area contributed by atoms with Crippen LogP contribution in [0.15, 0.2) is 24.3 Å². The second kappa shape index (κ2) is 7.03. The fourth-order valence-corrected chi connectivity index (χ4v) is 2.00. The zero-order valence-electron chi connectivity index (χ0n) is 12.5. The number of nitro benzene ring substituents is 1. The van der Waals surface area contributed by atoms with Crippen LogP contribution >= 0.6 is 0 Å². The molecule has 0 spiro atoms. The molecule has 0 radical (unpaired) electrons. The summed E-state index contributed by atoms with van der Waals surface area (Å²) in [7, 11) is 0. The first-order chi connectivity index (χ1) is 9.76. The van der Waals surface area contributed by atoms with Gasteiger partial charge in [0, 0.05) is 18.5 Å². The molecule has 0 heterocycles. The monoisotopic (exact) mass is 295 g/mol.